The van der Waals surface area contributed by atoms with Gasteiger partial charge in [-0.2, -0.15) is 0 Å². The van der Waals surface area contributed by atoms with E-state index in [-0.39, 0.29) is 0 Å². The molecule has 98 valence electrons. The largest absolute Gasteiger partial charge is 0.478 e. The van der Waals surface area contributed by atoms with Crippen molar-refractivity contribution in [3.05, 3.63) is 23.8 Å². The number of aromatic carboxylic acids is 1. The van der Waals surface area contributed by atoms with Crippen molar-refractivity contribution in [2.24, 2.45) is 0 Å². The average Bonchev–Trinajstić information content (AvgIpc) is 2.30. The van der Waals surface area contributed by atoms with E-state index < -0.39 is 5.97 Å². The molecule has 0 aliphatic carbocycles. The molecule has 4 nitrogen and oxygen atoms in total. The summed E-state index contributed by atoms with van der Waals surface area (Å²) < 4.78 is 0. The van der Waals surface area contributed by atoms with Gasteiger partial charge in [-0.1, -0.05) is 0 Å². The molecule has 2 rings (SSSR count). The van der Waals surface area contributed by atoms with Crippen molar-refractivity contribution in [2.75, 3.05) is 10.6 Å². The highest BCUT2D eigenvalue weighted by Gasteiger charge is 2.26. The maximum absolute atomic E-state index is 11.1. The molecule has 0 saturated carbocycles. The van der Waals surface area contributed by atoms with Gasteiger partial charge >= 0.3 is 5.97 Å². The van der Waals surface area contributed by atoms with E-state index in [1.807, 2.05) is 0 Å². The number of anilines is 2. The molecule has 3 N–H and O–H groups in total. The third-order valence-corrected chi connectivity index (χ3v) is 3.75. The molecular formula is C14H20N2O2. The molecule has 1 aliphatic heterocycles. The number of piperidine rings is 1. The Hall–Kier alpha value is -1.71. The van der Waals surface area contributed by atoms with Crippen molar-refractivity contribution in [3.63, 3.8) is 0 Å². The van der Waals surface area contributed by atoms with Crippen LogP contribution >= 0.6 is 0 Å². The Balaban J connectivity index is 2.41. The predicted molar refractivity (Wildman–Crippen MR) is 73.1 cm³/mol. The Morgan fingerprint density at radius 3 is 2.50 bits per heavy atom. The first-order chi connectivity index (χ1) is 8.50. The first-order valence-electron chi connectivity index (χ1n) is 6.42. The zero-order chi connectivity index (χ0) is 13.3. The lowest BCUT2D eigenvalue weighted by atomic mass is 9.96. The number of benzene rings is 1. The lowest BCUT2D eigenvalue weighted by Crippen LogP contribution is -2.44. The van der Waals surface area contributed by atoms with Crippen molar-refractivity contribution in [3.8, 4) is 0 Å². The number of nitrogens with zero attached hydrogens (tertiary/aromatic N) is 1. The summed E-state index contributed by atoms with van der Waals surface area (Å²) >= 11 is 0. The molecule has 1 aromatic rings. The van der Waals surface area contributed by atoms with Crippen LogP contribution in [-0.2, 0) is 0 Å². The fraction of sp³-hybridized carbons (Fsp3) is 0.500. The van der Waals surface area contributed by atoms with Gasteiger partial charge in [-0.05, 0) is 51.3 Å². The van der Waals surface area contributed by atoms with Crippen LogP contribution in [0.15, 0.2) is 18.2 Å². The van der Waals surface area contributed by atoms with Crippen LogP contribution in [-0.4, -0.2) is 23.2 Å². The van der Waals surface area contributed by atoms with Crippen LogP contribution in [0.5, 0.6) is 0 Å². The first kappa shape index (κ1) is 12.7. The third-order valence-electron chi connectivity index (χ3n) is 3.75. The molecule has 0 spiro atoms. The second-order valence-electron chi connectivity index (χ2n) is 5.11. The molecule has 0 aromatic heterocycles. The van der Waals surface area contributed by atoms with Crippen LogP contribution < -0.4 is 10.6 Å². The standard InChI is InChI=1S/C14H20N2O2/c1-9-4-3-5-10(2)16(9)13-8-11(14(17)18)6-7-12(13)15/h6-10H,3-5,15H2,1-2H3,(H,17,18). The number of carbonyl (C=O) groups is 1. The van der Waals surface area contributed by atoms with E-state index in [1.54, 1.807) is 18.2 Å². The van der Waals surface area contributed by atoms with Gasteiger partial charge in [-0.25, -0.2) is 4.79 Å². The van der Waals surface area contributed by atoms with Crippen molar-refractivity contribution < 1.29 is 9.90 Å². The Morgan fingerprint density at radius 1 is 1.33 bits per heavy atom. The van der Waals surface area contributed by atoms with E-state index in [1.165, 1.54) is 6.42 Å². The quantitative estimate of drug-likeness (QED) is 0.790. The molecule has 2 unspecified atom stereocenters. The maximum atomic E-state index is 11.1. The van der Waals surface area contributed by atoms with Crippen molar-refractivity contribution in [1.29, 1.82) is 0 Å². The molecule has 1 fully saturated rings. The highest BCUT2D eigenvalue weighted by atomic mass is 16.4. The average molecular weight is 248 g/mol. The molecule has 0 amide bonds. The number of nitrogens with two attached hydrogens (primary N) is 1. The first-order valence-corrected chi connectivity index (χ1v) is 6.42. The Kier molecular flexibility index (Phi) is 3.45. The van der Waals surface area contributed by atoms with Crippen molar-refractivity contribution >= 4 is 17.3 Å². The van der Waals surface area contributed by atoms with Crippen LogP contribution in [0.25, 0.3) is 0 Å². The number of carboxylic acid groups (broad SMARTS) is 1. The SMILES string of the molecule is CC1CCCC(C)N1c1cc(C(=O)O)ccc1N. The Morgan fingerprint density at radius 2 is 1.94 bits per heavy atom. The second kappa shape index (κ2) is 4.88. The maximum Gasteiger partial charge on any atom is 0.335 e. The van der Waals surface area contributed by atoms with Crippen LogP contribution in [0.1, 0.15) is 43.5 Å². The smallest absolute Gasteiger partial charge is 0.335 e. The van der Waals surface area contributed by atoms with Gasteiger partial charge in [0.2, 0.25) is 0 Å². The van der Waals surface area contributed by atoms with Gasteiger partial charge in [0.15, 0.2) is 0 Å². The number of nitrogen functional groups attached to an aromatic ring is 1. The van der Waals surface area contributed by atoms with Crippen molar-refractivity contribution in [1.82, 2.24) is 0 Å². The second-order valence-corrected chi connectivity index (χ2v) is 5.11. The fourth-order valence-corrected chi connectivity index (χ4v) is 2.80. The van der Waals surface area contributed by atoms with Crippen LogP contribution in [0.4, 0.5) is 11.4 Å². The van der Waals surface area contributed by atoms with Crippen LogP contribution in [0, 0.1) is 0 Å². The summed E-state index contributed by atoms with van der Waals surface area (Å²) in [5, 5.41) is 9.07. The van der Waals surface area contributed by atoms with Crippen LogP contribution in [0.2, 0.25) is 0 Å². The fourth-order valence-electron chi connectivity index (χ4n) is 2.80. The van der Waals surface area contributed by atoms with Gasteiger partial charge in [-0.3, -0.25) is 0 Å². The van der Waals surface area contributed by atoms with Gasteiger partial charge in [-0.15, -0.1) is 0 Å². The van der Waals surface area contributed by atoms with Crippen LogP contribution in [0.3, 0.4) is 0 Å². The van der Waals surface area contributed by atoms with Gasteiger partial charge < -0.3 is 15.7 Å². The minimum atomic E-state index is -0.909. The number of hydrogen-bond donors (Lipinski definition) is 2. The Bertz CT molecular complexity index is 449. The van der Waals surface area contributed by atoms with E-state index in [0.717, 1.165) is 18.5 Å². The summed E-state index contributed by atoms with van der Waals surface area (Å²) in [4.78, 5) is 13.3. The van der Waals surface area contributed by atoms with E-state index in [4.69, 9.17) is 10.8 Å². The third kappa shape index (κ3) is 2.28. The highest BCUT2D eigenvalue weighted by molar-refractivity contribution is 5.90. The molecule has 0 bridgehead atoms. The van der Waals surface area contributed by atoms with E-state index in [0.29, 0.717) is 23.3 Å². The topological polar surface area (TPSA) is 66.6 Å². The van der Waals surface area contributed by atoms with E-state index in [9.17, 15) is 4.79 Å². The predicted octanol–water partition coefficient (Wildman–Crippen LogP) is 2.73. The molecular weight excluding hydrogens is 228 g/mol. The molecule has 4 heteroatoms. The van der Waals surface area contributed by atoms with Gasteiger partial charge in [0.05, 0.1) is 16.9 Å². The molecule has 18 heavy (non-hydrogen) atoms. The summed E-state index contributed by atoms with van der Waals surface area (Å²) in [5.41, 5.74) is 7.82. The zero-order valence-electron chi connectivity index (χ0n) is 10.9. The van der Waals surface area contributed by atoms with Gasteiger partial charge in [0.25, 0.3) is 0 Å². The summed E-state index contributed by atoms with van der Waals surface area (Å²) in [7, 11) is 0. The minimum absolute atomic E-state index is 0.296. The summed E-state index contributed by atoms with van der Waals surface area (Å²) in [6.45, 7) is 4.34. The molecule has 1 aromatic carbocycles. The highest BCUT2D eigenvalue weighted by Crippen LogP contribution is 2.33. The number of hydrogen-bond acceptors (Lipinski definition) is 3. The summed E-state index contributed by atoms with van der Waals surface area (Å²) in [5.74, 6) is -0.909. The monoisotopic (exact) mass is 248 g/mol. The minimum Gasteiger partial charge on any atom is -0.478 e. The lowest BCUT2D eigenvalue weighted by Gasteiger charge is -2.41. The number of carboxylic acids is 1. The number of rotatable bonds is 2. The summed E-state index contributed by atoms with van der Waals surface area (Å²) in [6.07, 6.45) is 3.47. The summed E-state index contributed by atoms with van der Waals surface area (Å²) in [6, 6.07) is 5.74. The molecule has 1 heterocycles. The van der Waals surface area contributed by atoms with E-state index in [2.05, 4.69) is 18.7 Å². The molecule has 1 saturated heterocycles. The molecule has 1 aliphatic rings. The van der Waals surface area contributed by atoms with E-state index >= 15 is 0 Å². The Labute approximate surface area is 107 Å². The normalized spacial score (nSPS) is 24.0. The van der Waals surface area contributed by atoms with Gasteiger partial charge in [0.1, 0.15) is 0 Å². The zero-order valence-corrected chi connectivity index (χ0v) is 10.9. The lowest BCUT2D eigenvalue weighted by molar-refractivity contribution is 0.0697. The van der Waals surface area contributed by atoms with Gasteiger partial charge in [0, 0.05) is 12.1 Å². The molecule has 2 atom stereocenters. The molecule has 0 radical (unpaired) electrons. The van der Waals surface area contributed by atoms with Crippen molar-refractivity contribution in [2.45, 2.75) is 45.2 Å².